The van der Waals surface area contributed by atoms with Gasteiger partial charge in [0.05, 0.1) is 12.8 Å². The maximum absolute atomic E-state index is 13.3. The highest BCUT2D eigenvalue weighted by Gasteiger charge is 2.24. The van der Waals surface area contributed by atoms with Gasteiger partial charge in [0, 0.05) is 5.54 Å². The molecule has 0 spiro atoms. The molecule has 0 saturated heterocycles. The summed E-state index contributed by atoms with van der Waals surface area (Å²) >= 11 is 0. The molecular formula is C13H16FNO3. The zero-order chi connectivity index (χ0) is 13.8. The minimum atomic E-state index is -0.994. The first-order valence-corrected chi connectivity index (χ1v) is 5.56. The van der Waals surface area contributed by atoms with E-state index < -0.39 is 23.2 Å². The quantitative estimate of drug-likeness (QED) is 0.840. The fourth-order valence-electron chi connectivity index (χ4n) is 1.66. The van der Waals surface area contributed by atoms with E-state index >= 15 is 0 Å². The van der Waals surface area contributed by atoms with Gasteiger partial charge in [0.15, 0.2) is 0 Å². The second-order valence-electron chi connectivity index (χ2n) is 4.77. The first-order chi connectivity index (χ1) is 8.30. The van der Waals surface area contributed by atoms with E-state index in [9.17, 15) is 14.0 Å². The second kappa shape index (κ2) is 5.62. The number of benzene rings is 1. The van der Waals surface area contributed by atoms with Gasteiger partial charge >= 0.3 is 5.97 Å². The SMILES string of the molecule is CC(C)(CC(=O)O)NC(=O)Cc1ccccc1F. The molecule has 1 aromatic rings. The first-order valence-electron chi connectivity index (χ1n) is 5.56. The van der Waals surface area contributed by atoms with Gasteiger partial charge in [-0.05, 0) is 25.5 Å². The molecule has 0 atom stereocenters. The van der Waals surface area contributed by atoms with E-state index in [1.807, 2.05) is 0 Å². The summed E-state index contributed by atoms with van der Waals surface area (Å²) in [5.74, 6) is -1.83. The number of halogens is 1. The first kappa shape index (κ1) is 14.2. The van der Waals surface area contributed by atoms with Crippen molar-refractivity contribution in [3.8, 4) is 0 Å². The summed E-state index contributed by atoms with van der Waals surface area (Å²) in [7, 11) is 0. The topological polar surface area (TPSA) is 66.4 Å². The van der Waals surface area contributed by atoms with Crippen molar-refractivity contribution in [2.24, 2.45) is 0 Å². The molecule has 4 nitrogen and oxygen atoms in total. The molecule has 0 saturated carbocycles. The number of rotatable bonds is 5. The van der Waals surface area contributed by atoms with E-state index in [2.05, 4.69) is 5.32 Å². The van der Waals surface area contributed by atoms with Crippen molar-refractivity contribution in [1.29, 1.82) is 0 Å². The number of carbonyl (C=O) groups excluding carboxylic acids is 1. The number of carboxylic acids is 1. The Bertz CT molecular complexity index is 457. The largest absolute Gasteiger partial charge is 0.481 e. The highest BCUT2D eigenvalue weighted by Crippen LogP contribution is 2.11. The second-order valence-corrected chi connectivity index (χ2v) is 4.77. The minimum Gasteiger partial charge on any atom is -0.481 e. The van der Waals surface area contributed by atoms with Crippen molar-refractivity contribution in [2.45, 2.75) is 32.2 Å². The average molecular weight is 253 g/mol. The predicted octanol–water partition coefficient (Wildman–Crippen LogP) is 1.74. The van der Waals surface area contributed by atoms with Crippen LogP contribution in [0.25, 0.3) is 0 Å². The Labute approximate surface area is 105 Å². The van der Waals surface area contributed by atoms with Crippen molar-refractivity contribution in [2.75, 3.05) is 0 Å². The molecule has 0 heterocycles. The van der Waals surface area contributed by atoms with Gasteiger partial charge < -0.3 is 10.4 Å². The molecule has 0 aliphatic heterocycles. The third kappa shape index (κ3) is 4.53. The van der Waals surface area contributed by atoms with Crippen LogP contribution in [0.2, 0.25) is 0 Å². The Hall–Kier alpha value is -1.91. The maximum atomic E-state index is 13.3. The summed E-state index contributed by atoms with van der Waals surface area (Å²) in [6, 6.07) is 6.00. The Kier molecular flexibility index (Phi) is 4.42. The smallest absolute Gasteiger partial charge is 0.305 e. The molecule has 0 aromatic heterocycles. The molecule has 1 amide bonds. The van der Waals surface area contributed by atoms with E-state index in [-0.39, 0.29) is 12.8 Å². The summed E-state index contributed by atoms with van der Waals surface area (Å²) in [5, 5.41) is 11.3. The Morgan fingerprint density at radius 2 is 1.94 bits per heavy atom. The molecule has 18 heavy (non-hydrogen) atoms. The van der Waals surface area contributed by atoms with Crippen LogP contribution in [-0.2, 0) is 16.0 Å². The normalized spacial score (nSPS) is 11.1. The van der Waals surface area contributed by atoms with Crippen molar-refractivity contribution in [1.82, 2.24) is 5.32 Å². The lowest BCUT2D eigenvalue weighted by molar-refractivity contribution is -0.138. The average Bonchev–Trinajstić information content (AvgIpc) is 2.18. The molecule has 5 heteroatoms. The minimum absolute atomic E-state index is 0.101. The van der Waals surface area contributed by atoms with Crippen LogP contribution in [0.4, 0.5) is 4.39 Å². The van der Waals surface area contributed by atoms with E-state index in [1.54, 1.807) is 26.0 Å². The van der Waals surface area contributed by atoms with Gasteiger partial charge in [-0.25, -0.2) is 4.39 Å². The van der Waals surface area contributed by atoms with E-state index in [0.717, 1.165) is 0 Å². The zero-order valence-electron chi connectivity index (χ0n) is 10.4. The number of carbonyl (C=O) groups is 2. The van der Waals surface area contributed by atoms with Crippen LogP contribution in [0, 0.1) is 5.82 Å². The molecule has 0 fully saturated rings. The van der Waals surface area contributed by atoms with Gasteiger partial charge in [-0.3, -0.25) is 9.59 Å². The molecular weight excluding hydrogens is 237 g/mol. The lowest BCUT2D eigenvalue weighted by atomic mass is 10.00. The van der Waals surface area contributed by atoms with Gasteiger partial charge in [0.25, 0.3) is 0 Å². The molecule has 0 unspecified atom stereocenters. The monoisotopic (exact) mass is 253 g/mol. The number of hydrogen-bond donors (Lipinski definition) is 2. The number of aliphatic carboxylic acids is 1. The summed E-state index contributed by atoms with van der Waals surface area (Å²) in [6.07, 6.45) is -0.286. The third-order valence-corrected chi connectivity index (χ3v) is 2.38. The molecule has 0 aliphatic rings. The number of hydrogen-bond acceptors (Lipinski definition) is 2. The maximum Gasteiger partial charge on any atom is 0.305 e. The number of carboxylic acid groups (broad SMARTS) is 1. The highest BCUT2D eigenvalue weighted by molar-refractivity contribution is 5.80. The lowest BCUT2D eigenvalue weighted by Crippen LogP contribution is -2.45. The van der Waals surface area contributed by atoms with Crippen LogP contribution < -0.4 is 5.32 Å². The lowest BCUT2D eigenvalue weighted by Gasteiger charge is -2.24. The van der Waals surface area contributed by atoms with E-state index in [1.165, 1.54) is 12.1 Å². The fraction of sp³-hybridized carbons (Fsp3) is 0.385. The Balaban J connectivity index is 2.62. The van der Waals surface area contributed by atoms with Crippen LogP contribution in [0.15, 0.2) is 24.3 Å². The van der Waals surface area contributed by atoms with Gasteiger partial charge in [0.1, 0.15) is 5.82 Å². The van der Waals surface area contributed by atoms with Gasteiger partial charge in [-0.15, -0.1) is 0 Å². The third-order valence-electron chi connectivity index (χ3n) is 2.38. The Morgan fingerprint density at radius 1 is 1.33 bits per heavy atom. The van der Waals surface area contributed by atoms with Crippen LogP contribution >= 0.6 is 0 Å². The summed E-state index contributed by atoms with van der Waals surface area (Å²) in [4.78, 5) is 22.3. The fourth-order valence-corrected chi connectivity index (χ4v) is 1.66. The van der Waals surface area contributed by atoms with Crippen molar-refractivity contribution >= 4 is 11.9 Å². The molecule has 1 aromatic carbocycles. The van der Waals surface area contributed by atoms with Gasteiger partial charge in [0.2, 0.25) is 5.91 Å². The zero-order valence-corrected chi connectivity index (χ0v) is 10.4. The van der Waals surface area contributed by atoms with Gasteiger partial charge in [-0.2, -0.15) is 0 Å². The molecule has 0 aliphatic carbocycles. The van der Waals surface area contributed by atoms with Crippen LogP contribution in [-0.4, -0.2) is 22.5 Å². The predicted molar refractivity (Wildman–Crippen MR) is 64.6 cm³/mol. The van der Waals surface area contributed by atoms with Crippen molar-refractivity contribution in [3.05, 3.63) is 35.6 Å². The molecule has 98 valence electrons. The molecule has 0 radical (unpaired) electrons. The van der Waals surface area contributed by atoms with Crippen molar-refractivity contribution in [3.63, 3.8) is 0 Å². The van der Waals surface area contributed by atoms with E-state index in [0.29, 0.717) is 5.56 Å². The summed E-state index contributed by atoms with van der Waals surface area (Å²) < 4.78 is 13.3. The summed E-state index contributed by atoms with van der Waals surface area (Å²) in [6.45, 7) is 3.22. The van der Waals surface area contributed by atoms with Crippen LogP contribution in [0.3, 0.4) is 0 Å². The van der Waals surface area contributed by atoms with E-state index in [4.69, 9.17) is 5.11 Å². The van der Waals surface area contributed by atoms with Gasteiger partial charge in [-0.1, -0.05) is 18.2 Å². The van der Waals surface area contributed by atoms with Crippen LogP contribution in [0.5, 0.6) is 0 Å². The number of amides is 1. The standard InChI is InChI=1S/C13H16FNO3/c1-13(2,8-12(17)18)15-11(16)7-9-5-3-4-6-10(9)14/h3-6H,7-8H2,1-2H3,(H,15,16)(H,17,18). The Morgan fingerprint density at radius 3 is 2.50 bits per heavy atom. The van der Waals surface area contributed by atoms with Crippen LogP contribution in [0.1, 0.15) is 25.8 Å². The highest BCUT2D eigenvalue weighted by atomic mass is 19.1. The van der Waals surface area contributed by atoms with Crippen molar-refractivity contribution < 1.29 is 19.1 Å². The molecule has 2 N–H and O–H groups in total. The molecule has 1 rings (SSSR count). The number of nitrogens with one attached hydrogen (secondary N) is 1. The molecule has 0 bridgehead atoms. The summed E-state index contributed by atoms with van der Waals surface area (Å²) in [5.41, 5.74) is -0.560.